The Balaban J connectivity index is 2.76. The number of allylic oxidation sites excluding steroid dienone is 2. The van der Waals surface area contributed by atoms with Crippen molar-refractivity contribution < 1.29 is 19.8 Å². The third kappa shape index (κ3) is 2.33. The van der Waals surface area contributed by atoms with E-state index in [-0.39, 0.29) is 11.4 Å². The van der Waals surface area contributed by atoms with Crippen LogP contribution in [0.1, 0.15) is 24.0 Å². The number of aliphatic carboxylic acids is 2. The molecule has 0 aromatic carbocycles. The van der Waals surface area contributed by atoms with Crippen molar-refractivity contribution in [2.75, 3.05) is 5.73 Å². The van der Waals surface area contributed by atoms with Gasteiger partial charge < -0.3 is 15.9 Å². The van der Waals surface area contributed by atoms with E-state index >= 15 is 0 Å². The lowest BCUT2D eigenvalue weighted by Gasteiger charge is -2.34. The van der Waals surface area contributed by atoms with Gasteiger partial charge in [-0.15, -0.1) is 6.42 Å². The molecule has 0 amide bonds. The van der Waals surface area contributed by atoms with Gasteiger partial charge in [-0.2, -0.15) is 0 Å². The van der Waals surface area contributed by atoms with E-state index in [9.17, 15) is 19.8 Å². The zero-order chi connectivity index (χ0) is 16.5. The lowest BCUT2D eigenvalue weighted by atomic mass is 9.66. The first-order chi connectivity index (χ1) is 10.3. The van der Waals surface area contributed by atoms with Gasteiger partial charge in [-0.3, -0.25) is 4.79 Å². The van der Waals surface area contributed by atoms with E-state index in [1.807, 2.05) is 0 Å². The highest BCUT2D eigenvalue weighted by Gasteiger charge is 2.46. The van der Waals surface area contributed by atoms with Crippen LogP contribution in [0.15, 0.2) is 36.1 Å². The van der Waals surface area contributed by atoms with Gasteiger partial charge in [0.1, 0.15) is 5.82 Å². The number of terminal acetylenes is 1. The van der Waals surface area contributed by atoms with E-state index in [1.165, 1.54) is 37.4 Å². The topological polar surface area (TPSA) is 114 Å². The third-order valence-electron chi connectivity index (χ3n) is 3.76. The molecule has 1 aromatic heterocycles. The van der Waals surface area contributed by atoms with Crippen LogP contribution in [0, 0.1) is 17.8 Å². The van der Waals surface area contributed by atoms with Gasteiger partial charge in [0.2, 0.25) is 0 Å². The SMILES string of the molecule is C#Cc1cnc(N)cc1C1C(C(=O)O)=CC=CC1(C)C(=O)O. The number of carboxylic acid groups (broad SMARTS) is 2. The first-order valence-electron chi connectivity index (χ1n) is 6.39. The van der Waals surface area contributed by atoms with Gasteiger partial charge in [0.15, 0.2) is 0 Å². The van der Waals surface area contributed by atoms with Crippen LogP contribution in [0.25, 0.3) is 0 Å². The Bertz CT molecular complexity index is 758. The number of carboxylic acids is 2. The Kier molecular flexibility index (Phi) is 3.74. The largest absolute Gasteiger partial charge is 0.481 e. The fourth-order valence-electron chi connectivity index (χ4n) is 2.59. The zero-order valence-electron chi connectivity index (χ0n) is 11.8. The van der Waals surface area contributed by atoms with Crippen LogP contribution >= 0.6 is 0 Å². The second kappa shape index (κ2) is 5.37. The lowest BCUT2D eigenvalue weighted by molar-refractivity contribution is -0.146. The molecule has 22 heavy (non-hydrogen) atoms. The summed E-state index contributed by atoms with van der Waals surface area (Å²) in [7, 11) is 0. The predicted molar refractivity (Wildman–Crippen MR) is 79.9 cm³/mol. The highest BCUT2D eigenvalue weighted by molar-refractivity contribution is 5.93. The summed E-state index contributed by atoms with van der Waals surface area (Å²) in [6.45, 7) is 1.45. The molecule has 0 bridgehead atoms. The molecule has 0 saturated heterocycles. The number of pyridine rings is 1. The Morgan fingerprint density at radius 2 is 2.14 bits per heavy atom. The van der Waals surface area contributed by atoms with E-state index < -0.39 is 23.3 Å². The van der Waals surface area contributed by atoms with Gasteiger partial charge in [-0.25, -0.2) is 9.78 Å². The number of rotatable bonds is 3. The number of nitrogens with two attached hydrogens (primary N) is 1. The molecule has 112 valence electrons. The molecule has 0 saturated carbocycles. The predicted octanol–water partition coefficient (Wildman–Crippen LogP) is 1.40. The maximum absolute atomic E-state index is 11.7. The number of carbonyl (C=O) groups is 2. The molecular weight excluding hydrogens is 284 g/mol. The number of nitrogens with zero attached hydrogens (tertiary/aromatic N) is 1. The average molecular weight is 298 g/mol. The summed E-state index contributed by atoms with van der Waals surface area (Å²) in [5.41, 5.74) is 4.82. The quantitative estimate of drug-likeness (QED) is 0.727. The van der Waals surface area contributed by atoms with Crippen molar-refractivity contribution in [3.63, 3.8) is 0 Å². The molecule has 0 fully saturated rings. The highest BCUT2D eigenvalue weighted by atomic mass is 16.4. The van der Waals surface area contributed by atoms with Crippen molar-refractivity contribution in [3.8, 4) is 12.3 Å². The van der Waals surface area contributed by atoms with Crippen molar-refractivity contribution in [2.45, 2.75) is 12.8 Å². The molecule has 1 aromatic rings. The van der Waals surface area contributed by atoms with Crippen LogP contribution in [0.5, 0.6) is 0 Å². The monoisotopic (exact) mass is 298 g/mol. The second-order valence-corrected chi connectivity index (χ2v) is 5.15. The maximum atomic E-state index is 11.7. The number of anilines is 1. The average Bonchev–Trinajstić information content (AvgIpc) is 2.46. The van der Waals surface area contributed by atoms with Crippen LogP contribution in [-0.2, 0) is 9.59 Å². The second-order valence-electron chi connectivity index (χ2n) is 5.15. The van der Waals surface area contributed by atoms with Gasteiger partial charge >= 0.3 is 11.9 Å². The van der Waals surface area contributed by atoms with Crippen LogP contribution < -0.4 is 5.73 Å². The third-order valence-corrected chi connectivity index (χ3v) is 3.76. The van der Waals surface area contributed by atoms with E-state index in [1.54, 1.807) is 0 Å². The highest BCUT2D eigenvalue weighted by Crippen LogP contribution is 2.46. The molecule has 4 N–H and O–H groups in total. The Labute approximate surface area is 127 Å². The molecule has 6 heteroatoms. The summed E-state index contributed by atoms with van der Waals surface area (Å²) in [4.78, 5) is 27.2. The van der Waals surface area contributed by atoms with Crippen molar-refractivity contribution >= 4 is 17.8 Å². The Hall–Kier alpha value is -3.07. The van der Waals surface area contributed by atoms with Gasteiger partial charge in [-0.1, -0.05) is 24.1 Å². The van der Waals surface area contributed by atoms with Crippen molar-refractivity contribution in [3.05, 3.63) is 47.2 Å². The molecule has 1 aliphatic carbocycles. The van der Waals surface area contributed by atoms with E-state index in [0.29, 0.717) is 11.1 Å². The summed E-state index contributed by atoms with van der Waals surface area (Å²) in [6, 6.07) is 1.43. The molecule has 2 unspecified atom stereocenters. The standard InChI is InChI=1S/C16H14N2O4/c1-3-9-8-18-12(17)7-11(9)13-10(14(19)20)5-4-6-16(13,2)15(21)22/h1,4-8,13H,2H3,(H2,17,18)(H,19,20)(H,21,22). The van der Waals surface area contributed by atoms with Gasteiger partial charge in [0.05, 0.1) is 5.41 Å². The number of nitrogen functional groups attached to an aromatic ring is 1. The van der Waals surface area contributed by atoms with Crippen LogP contribution in [-0.4, -0.2) is 27.1 Å². The van der Waals surface area contributed by atoms with Crippen molar-refractivity contribution in [2.24, 2.45) is 5.41 Å². The normalized spacial score (nSPS) is 23.5. The summed E-state index contributed by atoms with van der Waals surface area (Å²) in [6.07, 6.45) is 11.0. The minimum Gasteiger partial charge on any atom is -0.481 e. The molecule has 6 nitrogen and oxygen atoms in total. The number of hydrogen-bond donors (Lipinski definition) is 3. The van der Waals surface area contributed by atoms with E-state index in [2.05, 4.69) is 10.9 Å². The summed E-state index contributed by atoms with van der Waals surface area (Å²) in [5.74, 6) is -0.790. The smallest absolute Gasteiger partial charge is 0.332 e. The molecule has 2 rings (SSSR count). The first-order valence-corrected chi connectivity index (χ1v) is 6.39. The van der Waals surface area contributed by atoms with Crippen molar-refractivity contribution in [1.82, 2.24) is 4.98 Å². The Morgan fingerprint density at radius 3 is 2.68 bits per heavy atom. The summed E-state index contributed by atoms with van der Waals surface area (Å²) >= 11 is 0. The Morgan fingerprint density at radius 1 is 1.45 bits per heavy atom. The molecular formula is C16H14N2O4. The molecule has 0 radical (unpaired) electrons. The van der Waals surface area contributed by atoms with Crippen LogP contribution in [0.4, 0.5) is 5.82 Å². The van der Waals surface area contributed by atoms with Gasteiger partial charge in [0.25, 0.3) is 0 Å². The molecule has 1 aliphatic rings. The summed E-state index contributed by atoms with van der Waals surface area (Å²) < 4.78 is 0. The minimum atomic E-state index is -1.46. The molecule has 1 heterocycles. The van der Waals surface area contributed by atoms with Gasteiger partial charge in [0, 0.05) is 23.3 Å². The van der Waals surface area contributed by atoms with Crippen LogP contribution in [0.3, 0.4) is 0 Å². The molecule has 2 atom stereocenters. The number of hydrogen-bond acceptors (Lipinski definition) is 4. The zero-order valence-corrected chi connectivity index (χ0v) is 11.8. The van der Waals surface area contributed by atoms with Crippen molar-refractivity contribution in [1.29, 1.82) is 0 Å². The summed E-state index contributed by atoms with van der Waals surface area (Å²) in [5, 5.41) is 19.0. The lowest BCUT2D eigenvalue weighted by Crippen LogP contribution is -2.37. The molecule has 0 aliphatic heterocycles. The van der Waals surface area contributed by atoms with E-state index in [4.69, 9.17) is 12.2 Å². The van der Waals surface area contributed by atoms with Gasteiger partial charge in [-0.05, 0) is 18.6 Å². The van der Waals surface area contributed by atoms with Crippen LogP contribution in [0.2, 0.25) is 0 Å². The first kappa shape index (κ1) is 15.3. The molecule has 0 spiro atoms. The fraction of sp³-hybridized carbons (Fsp3) is 0.188. The minimum absolute atomic E-state index is 0.0606. The maximum Gasteiger partial charge on any atom is 0.332 e. The number of aromatic nitrogens is 1. The van der Waals surface area contributed by atoms with E-state index in [0.717, 1.165) is 0 Å². The fourth-order valence-corrected chi connectivity index (χ4v) is 2.59.